The molecule has 1 aliphatic rings. The average Bonchev–Trinajstić information content (AvgIpc) is 2.71. The van der Waals surface area contributed by atoms with E-state index in [4.69, 9.17) is 16.3 Å². The Morgan fingerprint density at radius 1 is 1.47 bits per heavy atom. The lowest BCUT2D eigenvalue weighted by Gasteiger charge is -2.09. The molecule has 0 bridgehead atoms. The van der Waals surface area contributed by atoms with Crippen molar-refractivity contribution in [3.8, 4) is 0 Å². The highest BCUT2D eigenvalue weighted by Gasteiger charge is 2.13. The monoisotopic (exact) mass is 225 g/mol. The topological polar surface area (TPSA) is 21.3 Å². The summed E-state index contributed by atoms with van der Waals surface area (Å²) in [5.74, 6) is 0.684. The highest BCUT2D eigenvalue weighted by Crippen LogP contribution is 2.13. The fourth-order valence-electron chi connectivity index (χ4n) is 1.83. The summed E-state index contributed by atoms with van der Waals surface area (Å²) in [5, 5.41) is 4.11. The lowest BCUT2D eigenvalue weighted by Crippen LogP contribution is -2.13. The quantitative estimate of drug-likeness (QED) is 0.850. The molecule has 2 nitrogen and oxygen atoms in total. The molecule has 1 fully saturated rings. The third-order valence-electron chi connectivity index (χ3n) is 2.67. The molecule has 3 heteroatoms. The van der Waals surface area contributed by atoms with Crippen LogP contribution in [0.4, 0.5) is 0 Å². The van der Waals surface area contributed by atoms with Gasteiger partial charge in [-0.2, -0.15) is 0 Å². The molecule has 0 unspecified atom stereocenters. The number of ether oxygens (including phenoxy) is 1. The summed E-state index contributed by atoms with van der Waals surface area (Å²) in [6.07, 6.45) is 1.23. The lowest BCUT2D eigenvalue weighted by molar-refractivity contribution is 0.0925. The van der Waals surface area contributed by atoms with Crippen molar-refractivity contribution in [3.05, 3.63) is 34.9 Å². The molecule has 82 valence electrons. The van der Waals surface area contributed by atoms with Crippen LogP contribution in [0, 0.1) is 5.92 Å². The third kappa shape index (κ3) is 3.49. The Bertz CT molecular complexity index is 310. The van der Waals surface area contributed by atoms with E-state index in [0.29, 0.717) is 12.5 Å². The van der Waals surface area contributed by atoms with Crippen LogP contribution in [0.5, 0.6) is 0 Å². The summed E-state index contributed by atoms with van der Waals surface area (Å²) < 4.78 is 5.66. The molecule has 1 aromatic rings. The zero-order valence-electron chi connectivity index (χ0n) is 8.71. The van der Waals surface area contributed by atoms with Gasteiger partial charge in [-0.15, -0.1) is 0 Å². The minimum Gasteiger partial charge on any atom is -0.376 e. The van der Waals surface area contributed by atoms with E-state index in [2.05, 4.69) is 5.32 Å². The molecule has 0 amide bonds. The van der Waals surface area contributed by atoms with Gasteiger partial charge in [-0.05, 0) is 36.6 Å². The normalized spacial score (nSPS) is 20.7. The van der Waals surface area contributed by atoms with Gasteiger partial charge in [0.15, 0.2) is 0 Å². The maximum Gasteiger partial charge on any atom is 0.0717 e. The van der Waals surface area contributed by atoms with Gasteiger partial charge >= 0.3 is 0 Å². The summed E-state index contributed by atoms with van der Waals surface area (Å²) >= 11 is 5.89. The van der Waals surface area contributed by atoms with Crippen molar-refractivity contribution in [1.82, 2.24) is 5.32 Å². The molecule has 0 spiro atoms. The summed E-state index contributed by atoms with van der Waals surface area (Å²) in [5.41, 5.74) is 1.15. The Morgan fingerprint density at radius 2 is 2.40 bits per heavy atom. The summed E-state index contributed by atoms with van der Waals surface area (Å²) in [6.45, 7) is 3.73. The van der Waals surface area contributed by atoms with Gasteiger partial charge in [-0.1, -0.05) is 23.7 Å². The number of halogens is 1. The first-order valence-electron chi connectivity index (χ1n) is 5.37. The van der Waals surface area contributed by atoms with Crippen molar-refractivity contribution in [1.29, 1.82) is 0 Å². The molecule has 0 radical (unpaired) electrons. The highest BCUT2D eigenvalue weighted by molar-refractivity contribution is 6.30. The number of benzene rings is 1. The van der Waals surface area contributed by atoms with Crippen molar-refractivity contribution in [3.63, 3.8) is 0 Å². The molecule has 1 aliphatic heterocycles. The molecule has 1 N–H and O–H groups in total. The molecule has 1 aromatic carbocycles. The second-order valence-corrected chi connectivity index (χ2v) is 4.44. The standard InChI is InChI=1S/C12H16ClNO/c13-12-3-1-2-10(6-12)8-15-9-11-4-5-14-7-11/h1-3,6,11,14H,4-5,7-9H2/t11-/m0/s1. The maximum atomic E-state index is 5.89. The largest absolute Gasteiger partial charge is 0.376 e. The number of nitrogens with one attached hydrogen (secondary N) is 1. The van der Waals surface area contributed by atoms with E-state index in [1.54, 1.807) is 0 Å². The zero-order chi connectivity index (χ0) is 10.5. The van der Waals surface area contributed by atoms with E-state index in [1.807, 2.05) is 24.3 Å². The average molecular weight is 226 g/mol. The third-order valence-corrected chi connectivity index (χ3v) is 2.91. The SMILES string of the molecule is Clc1cccc(COC[C@H]2CCNC2)c1. The van der Waals surface area contributed by atoms with Gasteiger partial charge < -0.3 is 10.1 Å². The van der Waals surface area contributed by atoms with Crippen LogP contribution < -0.4 is 5.32 Å². The van der Waals surface area contributed by atoms with Crippen molar-refractivity contribution in [2.75, 3.05) is 19.7 Å². The second kappa shape index (κ2) is 5.50. The van der Waals surface area contributed by atoms with Gasteiger partial charge in [0.1, 0.15) is 0 Å². The number of hydrogen-bond acceptors (Lipinski definition) is 2. The lowest BCUT2D eigenvalue weighted by atomic mass is 10.1. The highest BCUT2D eigenvalue weighted by atomic mass is 35.5. The van der Waals surface area contributed by atoms with Gasteiger partial charge in [0.25, 0.3) is 0 Å². The molecule has 0 aromatic heterocycles. The molecule has 0 aliphatic carbocycles. The summed E-state index contributed by atoms with van der Waals surface area (Å²) in [7, 11) is 0. The van der Waals surface area contributed by atoms with E-state index in [1.165, 1.54) is 6.42 Å². The molecule has 15 heavy (non-hydrogen) atoms. The van der Waals surface area contributed by atoms with Crippen LogP contribution >= 0.6 is 11.6 Å². The fourth-order valence-corrected chi connectivity index (χ4v) is 2.04. The predicted molar refractivity (Wildman–Crippen MR) is 62.1 cm³/mol. The van der Waals surface area contributed by atoms with Crippen molar-refractivity contribution in [2.45, 2.75) is 13.0 Å². The van der Waals surface area contributed by atoms with Gasteiger partial charge in [0.2, 0.25) is 0 Å². The Labute approximate surface area is 95.6 Å². The van der Waals surface area contributed by atoms with Crippen LogP contribution in [0.3, 0.4) is 0 Å². The van der Waals surface area contributed by atoms with Crippen LogP contribution in [0.2, 0.25) is 5.02 Å². The Kier molecular flexibility index (Phi) is 4.01. The van der Waals surface area contributed by atoms with Crippen LogP contribution in [0.15, 0.2) is 24.3 Å². The summed E-state index contributed by atoms with van der Waals surface area (Å²) in [6, 6.07) is 7.83. The van der Waals surface area contributed by atoms with Gasteiger partial charge in [-0.25, -0.2) is 0 Å². The zero-order valence-corrected chi connectivity index (χ0v) is 9.46. The first kappa shape index (κ1) is 10.9. The van der Waals surface area contributed by atoms with E-state index in [0.717, 1.165) is 30.3 Å². The van der Waals surface area contributed by atoms with Gasteiger partial charge in [-0.3, -0.25) is 0 Å². The molecule has 1 heterocycles. The van der Waals surface area contributed by atoms with Gasteiger partial charge in [0, 0.05) is 11.6 Å². The Hall–Kier alpha value is -0.570. The molecular weight excluding hydrogens is 210 g/mol. The van der Waals surface area contributed by atoms with E-state index in [9.17, 15) is 0 Å². The second-order valence-electron chi connectivity index (χ2n) is 4.00. The maximum absolute atomic E-state index is 5.89. The first-order valence-corrected chi connectivity index (χ1v) is 5.75. The molecule has 1 saturated heterocycles. The molecule has 1 atom stereocenters. The van der Waals surface area contributed by atoms with E-state index in [-0.39, 0.29) is 0 Å². The Balaban J connectivity index is 1.73. The summed E-state index contributed by atoms with van der Waals surface area (Å²) in [4.78, 5) is 0. The Morgan fingerprint density at radius 3 is 3.13 bits per heavy atom. The van der Waals surface area contributed by atoms with E-state index < -0.39 is 0 Å². The van der Waals surface area contributed by atoms with Crippen molar-refractivity contribution >= 4 is 11.6 Å². The smallest absolute Gasteiger partial charge is 0.0717 e. The van der Waals surface area contributed by atoms with Crippen LogP contribution in [0.25, 0.3) is 0 Å². The fraction of sp³-hybridized carbons (Fsp3) is 0.500. The van der Waals surface area contributed by atoms with Gasteiger partial charge in [0.05, 0.1) is 13.2 Å². The minimum absolute atomic E-state index is 0.664. The number of rotatable bonds is 4. The first-order chi connectivity index (χ1) is 7.34. The number of hydrogen-bond donors (Lipinski definition) is 1. The van der Waals surface area contributed by atoms with Crippen LogP contribution in [0.1, 0.15) is 12.0 Å². The van der Waals surface area contributed by atoms with Crippen LogP contribution in [-0.4, -0.2) is 19.7 Å². The molecule has 0 saturated carbocycles. The van der Waals surface area contributed by atoms with Crippen molar-refractivity contribution < 1.29 is 4.74 Å². The molecular formula is C12H16ClNO. The van der Waals surface area contributed by atoms with Crippen molar-refractivity contribution in [2.24, 2.45) is 5.92 Å². The molecule has 2 rings (SSSR count). The van der Waals surface area contributed by atoms with Crippen LogP contribution in [-0.2, 0) is 11.3 Å². The minimum atomic E-state index is 0.664. The van der Waals surface area contributed by atoms with E-state index >= 15 is 0 Å². The predicted octanol–water partition coefficient (Wildman–Crippen LogP) is 2.47.